The molecule has 0 saturated carbocycles. The average molecular weight is 319 g/mol. The van der Waals surface area contributed by atoms with E-state index in [9.17, 15) is 0 Å². The van der Waals surface area contributed by atoms with Crippen LogP contribution in [0.1, 0.15) is 30.5 Å². The third-order valence-corrected chi connectivity index (χ3v) is 3.69. The van der Waals surface area contributed by atoms with Crippen LogP contribution >= 0.6 is 0 Å². The van der Waals surface area contributed by atoms with Gasteiger partial charge in [0.2, 0.25) is 0 Å². The molecular formula is C19H34N4. The topological polar surface area (TPSA) is 39.7 Å². The lowest BCUT2D eigenvalue weighted by Gasteiger charge is -2.29. The summed E-state index contributed by atoms with van der Waals surface area (Å²) in [6.45, 7) is 11.7. The van der Waals surface area contributed by atoms with E-state index in [1.54, 1.807) is 0 Å². The molecule has 4 nitrogen and oxygen atoms in total. The van der Waals surface area contributed by atoms with Crippen molar-refractivity contribution in [1.82, 2.24) is 15.5 Å². The van der Waals surface area contributed by atoms with Gasteiger partial charge in [0.25, 0.3) is 0 Å². The first-order chi connectivity index (χ1) is 10.7. The van der Waals surface area contributed by atoms with Crippen molar-refractivity contribution in [2.75, 3.05) is 40.8 Å². The lowest BCUT2D eigenvalue weighted by Crippen LogP contribution is -2.45. The third-order valence-electron chi connectivity index (χ3n) is 3.69. The van der Waals surface area contributed by atoms with Crippen molar-refractivity contribution in [3.63, 3.8) is 0 Å². The molecule has 0 atom stereocenters. The third kappa shape index (κ3) is 8.03. The zero-order chi connectivity index (χ0) is 17.5. The molecule has 1 rings (SSSR count). The number of hydrogen-bond donors (Lipinski definition) is 2. The first kappa shape index (κ1) is 19.5. The van der Waals surface area contributed by atoms with Gasteiger partial charge in [-0.25, -0.2) is 0 Å². The normalized spacial score (nSPS) is 12.6. The summed E-state index contributed by atoms with van der Waals surface area (Å²) in [6.07, 6.45) is 1.00. The Labute approximate surface area is 142 Å². The van der Waals surface area contributed by atoms with Gasteiger partial charge in [0, 0.05) is 26.7 Å². The molecule has 1 aromatic carbocycles. The average Bonchev–Trinajstić information content (AvgIpc) is 2.40. The lowest BCUT2D eigenvalue weighted by molar-refractivity contribution is 0.241. The van der Waals surface area contributed by atoms with Crippen LogP contribution < -0.4 is 10.6 Å². The van der Waals surface area contributed by atoms with E-state index >= 15 is 0 Å². The fourth-order valence-electron chi connectivity index (χ4n) is 2.99. The van der Waals surface area contributed by atoms with Crippen LogP contribution in [-0.2, 0) is 6.42 Å². The molecule has 0 aliphatic rings. The van der Waals surface area contributed by atoms with E-state index in [4.69, 9.17) is 0 Å². The molecule has 0 bridgehead atoms. The summed E-state index contributed by atoms with van der Waals surface area (Å²) in [5.41, 5.74) is 4.23. The Hall–Kier alpha value is -1.55. The molecule has 0 fully saturated rings. The van der Waals surface area contributed by atoms with E-state index in [-0.39, 0.29) is 5.41 Å². The maximum Gasteiger partial charge on any atom is 0.191 e. The highest BCUT2D eigenvalue weighted by Gasteiger charge is 2.19. The van der Waals surface area contributed by atoms with Crippen molar-refractivity contribution in [1.29, 1.82) is 0 Å². The van der Waals surface area contributed by atoms with Gasteiger partial charge in [0.15, 0.2) is 5.96 Å². The van der Waals surface area contributed by atoms with E-state index in [2.05, 4.69) is 80.5 Å². The first-order valence-electron chi connectivity index (χ1n) is 8.38. The molecule has 2 N–H and O–H groups in total. The number of nitrogens with zero attached hydrogens (tertiary/aromatic N) is 2. The molecule has 130 valence electrons. The monoisotopic (exact) mass is 318 g/mol. The molecule has 4 heteroatoms. The molecule has 1 aromatic rings. The van der Waals surface area contributed by atoms with E-state index in [0.29, 0.717) is 0 Å². The summed E-state index contributed by atoms with van der Waals surface area (Å²) in [5, 5.41) is 6.84. The van der Waals surface area contributed by atoms with Crippen molar-refractivity contribution in [2.45, 2.75) is 34.1 Å². The van der Waals surface area contributed by atoms with Gasteiger partial charge in [-0.15, -0.1) is 0 Å². The van der Waals surface area contributed by atoms with Crippen molar-refractivity contribution >= 4 is 5.96 Å². The maximum atomic E-state index is 4.32. The summed E-state index contributed by atoms with van der Waals surface area (Å²) in [6, 6.07) is 6.72. The summed E-state index contributed by atoms with van der Waals surface area (Å²) in [4.78, 5) is 6.54. The van der Waals surface area contributed by atoms with Gasteiger partial charge in [-0.3, -0.25) is 4.99 Å². The van der Waals surface area contributed by atoms with Crippen molar-refractivity contribution in [2.24, 2.45) is 10.4 Å². The van der Waals surface area contributed by atoms with Crippen molar-refractivity contribution in [3.05, 3.63) is 34.9 Å². The molecule has 0 saturated heterocycles. The Kier molecular flexibility index (Phi) is 7.56. The summed E-state index contributed by atoms with van der Waals surface area (Å²) in [5.74, 6) is 0.876. The summed E-state index contributed by atoms with van der Waals surface area (Å²) < 4.78 is 0. The van der Waals surface area contributed by atoms with E-state index < -0.39 is 0 Å². The van der Waals surface area contributed by atoms with Gasteiger partial charge in [-0.1, -0.05) is 43.2 Å². The minimum absolute atomic E-state index is 0.203. The van der Waals surface area contributed by atoms with Crippen LogP contribution in [0.4, 0.5) is 0 Å². The number of aliphatic imine (C=N–C) groups is 1. The van der Waals surface area contributed by atoms with Crippen LogP contribution in [0.15, 0.2) is 23.2 Å². The molecule has 0 unspecified atom stereocenters. The Morgan fingerprint density at radius 1 is 1.09 bits per heavy atom. The van der Waals surface area contributed by atoms with Crippen LogP contribution in [0.25, 0.3) is 0 Å². The van der Waals surface area contributed by atoms with Crippen LogP contribution in [-0.4, -0.2) is 51.6 Å². The number of nitrogens with one attached hydrogen (secondary N) is 2. The SMILES string of the molecule is CN=C(NCCc1cc(C)cc(C)c1)NCC(C)(C)CN(C)C. The minimum Gasteiger partial charge on any atom is -0.356 e. The van der Waals surface area contributed by atoms with Crippen molar-refractivity contribution < 1.29 is 0 Å². The summed E-state index contributed by atoms with van der Waals surface area (Å²) >= 11 is 0. The Balaban J connectivity index is 2.42. The van der Waals surface area contributed by atoms with E-state index in [1.807, 2.05) is 7.05 Å². The standard InChI is InChI=1S/C19H34N4/c1-15-10-16(2)12-17(11-15)8-9-21-18(20-5)22-13-19(3,4)14-23(6)7/h10-12H,8-9,13-14H2,1-7H3,(H2,20,21,22). The quantitative estimate of drug-likeness (QED) is 0.600. The maximum absolute atomic E-state index is 4.32. The fraction of sp³-hybridized carbons (Fsp3) is 0.632. The number of guanidine groups is 1. The van der Waals surface area contributed by atoms with Gasteiger partial charge in [-0.05, 0) is 45.3 Å². The lowest BCUT2D eigenvalue weighted by atomic mass is 9.93. The van der Waals surface area contributed by atoms with Gasteiger partial charge in [-0.2, -0.15) is 0 Å². The zero-order valence-electron chi connectivity index (χ0n) is 16.0. The molecule has 23 heavy (non-hydrogen) atoms. The predicted molar refractivity (Wildman–Crippen MR) is 101 cm³/mol. The number of benzene rings is 1. The molecular weight excluding hydrogens is 284 g/mol. The number of hydrogen-bond acceptors (Lipinski definition) is 2. The molecule has 0 aromatic heterocycles. The molecule has 0 aliphatic heterocycles. The van der Waals surface area contributed by atoms with Gasteiger partial charge in [0.1, 0.15) is 0 Å². The van der Waals surface area contributed by atoms with Gasteiger partial charge in [0.05, 0.1) is 0 Å². The smallest absolute Gasteiger partial charge is 0.191 e. The number of rotatable bonds is 7. The minimum atomic E-state index is 0.203. The highest BCUT2D eigenvalue weighted by Crippen LogP contribution is 2.14. The summed E-state index contributed by atoms with van der Waals surface area (Å²) in [7, 11) is 6.04. The Bertz CT molecular complexity index is 498. The second-order valence-electron chi connectivity index (χ2n) is 7.50. The van der Waals surface area contributed by atoms with Gasteiger partial charge >= 0.3 is 0 Å². The predicted octanol–water partition coefficient (Wildman–Crippen LogP) is 2.60. The van der Waals surface area contributed by atoms with Gasteiger partial charge < -0.3 is 15.5 Å². The molecule has 0 radical (unpaired) electrons. The van der Waals surface area contributed by atoms with Crippen LogP contribution in [0.5, 0.6) is 0 Å². The molecule has 0 amide bonds. The second-order valence-corrected chi connectivity index (χ2v) is 7.50. The zero-order valence-corrected chi connectivity index (χ0v) is 16.0. The number of aryl methyl sites for hydroxylation is 2. The second kappa shape index (κ2) is 8.92. The Morgan fingerprint density at radius 3 is 2.22 bits per heavy atom. The fourth-order valence-corrected chi connectivity index (χ4v) is 2.99. The Morgan fingerprint density at radius 2 is 1.70 bits per heavy atom. The van der Waals surface area contributed by atoms with E-state index in [0.717, 1.165) is 32.0 Å². The van der Waals surface area contributed by atoms with E-state index in [1.165, 1.54) is 16.7 Å². The van der Waals surface area contributed by atoms with Crippen LogP contribution in [0.3, 0.4) is 0 Å². The highest BCUT2D eigenvalue weighted by atomic mass is 15.2. The molecule has 0 heterocycles. The molecule has 0 aliphatic carbocycles. The highest BCUT2D eigenvalue weighted by molar-refractivity contribution is 5.79. The van der Waals surface area contributed by atoms with Crippen LogP contribution in [0, 0.1) is 19.3 Å². The first-order valence-corrected chi connectivity index (χ1v) is 8.38. The molecule has 0 spiro atoms. The van der Waals surface area contributed by atoms with Crippen molar-refractivity contribution in [3.8, 4) is 0 Å². The largest absolute Gasteiger partial charge is 0.356 e. The van der Waals surface area contributed by atoms with Crippen LogP contribution in [0.2, 0.25) is 0 Å².